The van der Waals surface area contributed by atoms with E-state index in [1.54, 1.807) is 0 Å². The highest BCUT2D eigenvalue weighted by Gasteiger charge is 2.40. The van der Waals surface area contributed by atoms with E-state index in [9.17, 15) is 19.8 Å². The summed E-state index contributed by atoms with van der Waals surface area (Å²) in [5.74, 6) is -0.557. The normalized spacial score (nSPS) is 13.2. The monoisotopic (exact) mass is 662 g/mol. The summed E-state index contributed by atoms with van der Waals surface area (Å²) in [5.41, 5.74) is 1.27. The summed E-state index contributed by atoms with van der Waals surface area (Å²) in [7, 11) is 0. The van der Waals surface area contributed by atoms with Crippen molar-refractivity contribution >= 4 is 11.8 Å². The standard InChI is InChI=1S/C43H54N2O4/c1-32(2)25-38(42(48,28-34-17-9-5-10-18-34)29-35-19-11-6-12-20-35)44-40(46)27-41(47)45-39(26-33(3)4)43(49,30-36-21-13-7-14-22-36)31-37-23-15-8-16-24-37/h5-24,32-33,38-39,48-49H,25-31H2,1-4H3,(H,44,46)(H,45,47)/t38-,39-/m1/s1. The smallest absolute Gasteiger partial charge is 0.229 e. The number of hydrogen-bond acceptors (Lipinski definition) is 4. The number of amides is 2. The summed E-state index contributed by atoms with van der Waals surface area (Å²) in [6.45, 7) is 8.25. The Morgan fingerprint density at radius 3 is 0.959 bits per heavy atom. The first-order chi connectivity index (χ1) is 23.4. The predicted molar refractivity (Wildman–Crippen MR) is 198 cm³/mol. The maximum Gasteiger partial charge on any atom is 0.229 e. The fraction of sp³-hybridized carbons (Fsp3) is 0.395. The zero-order valence-electron chi connectivity index (χ0n) is 29.5. The first-order valence-electron chi connectivity index (χ1n) is 17.6. The van der Waals surface area contributed by atoms with E-state index in [4.69, 9.17) is 0 Å². The van der Waals surface area contributed by atoms with Crippen LogP contribution in [0.15, 0.2) is 121 Å². The lowest BCUT2D eigenvalue weighted by molar-refractivity contribution is -0.133. The van der Waals surface area contributed by atoms with Crippen LogP contribution in [0.25, 0.3) is 0 Å². The minimum atomic E-state index is -1.30. The Morgan fingerprint density at radius 1 is 0.490 bits per heavy atom. The molecule has 0 bridgehead atoms. The molecule has 0 aliphatic carbocycles. The fourth-order valence-corrected chi connectivity index (χ4v) is 6.82. The summed E-state index contributed by atoms with van der Waals surface area (Å²) in [5, 5.41) is 30.9. The lowest BCUT2D eigenvalue weighted by Gasteiger charge is -2.39. The van der Waals surface area contributed by atoms with Gasteiger partial charge in [-0.15, -0.1) is 0 Å². The molecule has 0 aromatic heterocycles. The first kappa shape index (κ1) is 37.6. The van der Waals surface area contributed by atoms with Crippen LogP contribution in [-0.4, -0.2) is 45.3 Å². The predicted octanol–water partition coefficient (Wildman–Crippen LogP) is 6.87. The summed E-state index contributed by atoms with van der Waals surface area (Å²) in [6.07, 6.45) is 2.03. The van der Waals surface area contributed by atoms with Gasteiger partial charge in [-0.1, -0.05) is 149 Å². The van der Waals surface area contributed by atoms with Gasteiger partial charge >= 0.3 is 0 Å². The van der Waals surface area contributed by atoms with Crippen LogP contribution in [0.2, 0.25) is 0 Å². The Kier molecular flexibility index (Phi) is 13.7. The van der Waals surface area contributed by atoms with Crippen LogP contribution in [0, 0.1) is 11.8 Å². The van der Waals surface area contributed by atoms with E-state index in [1.807, 2.05) is 121 Å². The molecule has 4 aromatic carbocycles. The van der Waals surface area contributed by atoms with Gasteiger partial charge in [0.15, 0.2) is 0 Å². The molecule has 4 N–H and O–H groups in total. The topological polar surface area (TPSA) is 98.7 Å². The van der Waals surface area contributed by atoms with Gasteiger partial charge in [-0.2, -0.15) is 0 Å². The van der Waals surface area contributed by atoms with E-state index < -0.39 is 41.5 Å². The van der Waals surface area contributed by atoms with Gasteiger partial charge in [0.25, 0.3) is 0 Å². The molecule has 0 saturated carbocycles. The lowest BCUT2D eigenvalue weighted by Crippen LogP contribution is -2.58. The number of carbonyl (C=O) groups excluding carboxylic acids is 2. The third kappa shape index (κ3) is 12.0. The number of rotatable bonds is 18. The second kappa shape index (κ2) is 17.9. The summed E-state index contributed by atoms with van der Waals surface area (Å²) in [4.78, 5) is 27.4. The van der Waals surface area contributed by atoms with Crippen molar-refractivity contribution in [1.82, 2.24) is 10.6 Å². The van der Waals surface area contributed by atoms with E-state index in [-0.39, 0.29) is 11.8 Å². The van der Waals surface area contributed by atoms with Gasteiger partial charge in [-0.25, -0.2) is 0 Å². The Morgan fingerprint density at radius 2 is 0.735 bits per heavy atom. The van der Waals surface area contributed by atoms with E-state index in [0.29, 0.717) is 38.5 Å². The molecule has 0 heterocycles. The highest BCUT2D eigenvalue weighted by atomic mass is 16.3. The highest BCUT2D eigenvalue weighted by molar-refractivity contribution is 5.97. The Labute approximate surface area is 293 Å². The average molecular weight is 663 g/mol. The Balaban J connectivity index is 1.56. The van der Waals surface area contributed by atoms with Crippen molar-refractivity contribution in [3.05, 3.63) is 144 Å². The number of benzene rings is 4. The van der Waals surface area contributed by atoms with E-state index >= 15 is 0 Å². The third-order valence-electron chi connectivity index (χ3n) is 9.12. The molecule has 0 spiro atoms. The molecule has 4 rings (SSSR count). The zero-order valence-corrected chi connectivity index (χ0v) is 29.5. The number of nitrogens with one attached hydrogen (secondary N) is 2. The van der Waals surface area contributed by atoms with Gasteiger partial charge < -0.3 is 20.8 Å². The van der Waals surface area contributed by atoms with Crippen molar-refractivity contribution in [2.24, 2.45) is 11.8 Å². The summed E-state index contributed by atoms with van der Waals surface area (Å²) < 4.78 is 0. The van der Waals surface area contributed by atoms with Crippen LogP contribution in [0.1, 0.15) is 69.2 Å². The van der Waals surface area contributed by atoms with Crippen molar-refractivity contribution in [3.63, 3.8) is 0 Å². The van der Waals surface area contributed by atoms with Crippen LogP contribution in [-0.2, 0) is 35.3 Å². The first-order valence-corrected chi connectivity index (χ1v) is 17.6. The maximum atomic E-state index is 13.7. The SMILES string of the molecule is CC(C)C[C@@H](NC(=O)CC(=O)N[C@H](CC(C)C)C(O)(Cc1ccccc1)Cc1ccccc1)C(O)(Cc1ccccc1)Cc1ccccc1. The molecule has 0 fully saturated rings. The minimum Gasteiger partial charge on any atom is -0.387 e. The van der Waals surface area contributed by atoms with Gasteiger partial charge in [-0.05, 0) is 46.9 Å². The fourth-order valence-electron chi connectivity index (χ4n) is 6.82. The molecule has 0 radical (unpaired) electrons. The molecule has 0 aliphatic rings. The molecule has 0 unspecified atom stereocenters. The second-order valence-electron chi connectivity index (χ2n) is 14.5. The Bertz CT molecular complexity index is 1360. The zero-order chi connectivity index (χ0) is 35.3. The van der Waals surface area contributed by atoms with Crippen molar-refractivity contribution in [3.8, 4) is 0 Å². The number of hydrogen-bond donors (Lipinski definition) is 4. The molecule has 6 nitrogen and oxygen atoms in total. The van der Waals surface area contributed by atoms with Crippen LogP contribution in [0.3, 0.4) is 0 Å². The quantitative estimate of drug-likeness (QED) is 0.0875. The molecule has 49 heavy (non-hydrogen) atoms. The largest absolute Gasteiger partial charge is 0.387 e. The van der Waals surface area contributed by atoms with E-state index in [1.165, 1.54) is 0 Å². The van der Waals surface area contributed by atoms with Gasteiger partial charge in [0.2, 0.25) is 11.8 Å². The molecular formula is C43H54N2O4. The molecule has 2 amide bonds. The van der Waals surface area contributed by atoms with Gasteiger partial charge in [0.1, 0.15) is 6.42 Å². The van der Waals surface area contributed by atoms with Gasteiger partial charge in [-0.3, -0.25) is 9.59 Å². The highest BCUT2D eigenvalue weighted by Crippen LogP contribution is 2.29. The van der Waals surface area contributed by atoms with Gasteiger partial charge in [0, 0.05) is 25.7 Å². The van der Waals surface area contributed by atoms with Crippen molar-refractivity contribution < 1.29 is 19.8 Å². The van der Waals surface area contributed by atoms with Crippen molar-refractivity contribution in [2.75, 3.05) is 0 Å². The number of carbonyl (C=O) groups is 2. The summed E-state index contributed by atoms with van der Waals surface area (Å²) >= 11 is 0. The van der Waals surface area contributed by atoms with Crippen LogP contribution in [0.5, 0.6) is 0 Å². The molecule has 4 aromatic rings. The summed E-state index contributed by atoms with van der Waals surface area (Å²) in [6, 6.07) is 38.0. The van der Waals surface area contributed by atoms with Crippen molar-refractivity contribution in [2.45, 2.75) is 95.9 Å². The van der Waals surface area contributed by atoms with Gasteiger partial charge in [0.05, 0.1) is 23.3 Å². The molecular weight excluding hydrogens is 608 g/mol. The van der Waals surface area contributed by atoms with Crippen molar-refractivity contribution in [1.29, 1.82) is 0 Å². The number of aliphatic hydroxyl groups is 2. The van der Waals surface area contributed by atoms with E-state index in [2.05, 4.69) is 38.3 Å². The molecule has 0 saturated heterocycles. The maximum absolute atomic E-state index is 13.7. The average Bonchev–Trinajstić information content (AvgIpc) is 3.05. The minimum absolute atomic E-state index is 0.179. The van der Waals surface area contributed by atoms with Crippen LogP contribution in [0.4, 0.5) is 0 Å². The lowest BCUT2D eigenvalue weighted by atomic mass is 9.78. The second-order valence-corrected chi connectivity index (χ2v) is 14.5. The third-order valence-corrected chi connectivity index (χ3v) is 9.12. The molecule has 2 atom stereocenters. The molecule has 260 valence electrons. The Hall–Kier alpha value is -4.26. The molecule has 6 heteroatoms. The van der Waals surface area contributed by atoms with Crippen LogP contribution < -0.4 is 10.6 Å². The van der Waals surface area contributed by atoms with Crippen LogP contribution >= 0.6 is 0 Å². The van der Waals surface area contributed by atoms with E-state index in [0.717, 1.165) is 22.3 Å². The molecule has 0 aliphatic heterocycles.